The molecule has 118 valence electrons. The molecule has 2 saturated heterocycles. The first-order chi connectivity index (χ1) is 10.1. The maximum atomic E-state index is 12.2. The molecule has 2 aliphatic heterocycles. The molecular weight excluding hydrogens is 272 g/mol. The number of methoxy groups -OCH3 is 1. The molecule has 2 fully saturated rings. The van der Waals surface area contributed by atoms with E-state index >= 15 is 0 Å². The van der Waals surface area contributed by atoms with Crippen LogP contribution >= 0.6 is 0 Å². The minimum absolute atomic E-state index is 0.0527. The summed E-state index contributed by atoms with van der Waals surface area (Å²) in [6, 6.07) is -0.465. The van der Waals surface area contributed by atoms with Crippen molar-refractivity contribution in [2.24, 2.45) is 0 Å². The summed E-state index contributed by atoms with van der Waals surface area (Å²) in [5.74, 6) is -0.423. The van der Waals surface area contributed by atoms with Crippen molar-refractivity contribution < 1.29 is 19.1 Å². The average Bonchev–Trinajstić information content (AvgIpc) is 3.02. The monoisotopic (exact) mass is 296 g/mol. The Bertz CT molecular complexity index is 404. The number of esters is 1. The van der Waals surface area contributed by atoms with Crippen molar-refractivity contribution in [1.29, 1.82) is 0 Å². The number of piperidine rings is 1. The summed E-state index contributed by atoms with van der Waals surface area (Å²) in [5, 5.41) is 0. The van der Waals surface area contributed by atoms with Crippen molar-refractivity contribution in [3.05, 3.63) is 0 Å². The number of ether oxygens (including phenoxy) is 1. The third-order valence-electron chi connectivity index (χ3n) is 4.31. The van der Waals surface area contributed by atoms with Crippen LogP contribution in [0.3, 0.4) is 0 Å². The van der Waals surface area contributed by atoms with E-state index in [9.17, 15) is 14.4 Å². The SMILES string of the molecule is COC(=O)[C@@H]1CCCN1C(=O)CCC(=O)N1CCCCC1. The number of hydrogen-bond donors (Lipinski definition) is 0. The van der Waals surface area contributed by atoms with Gasteiger partial charge in [0.2, 0.25) is 11.8 Å². The van der Waals surface area contributed by atoms with Crippen molar-refractivity contribution >= 4 is 17.8 Å². The van der Waals surface area contributed by atoms with E-state index in [1.165, 1.54) is 13.5 Å². The Morgan fingerprint density at radius 1 is 0.952 bits per heavy atom. The minimum atomic E-state index is -0.465. The molecular formula is C15H24N2O4. The van der Waals surface area contributed by atoms with Gasteiger partial charge in [-0.25, -0.2) is 4.79 Å². The second-order valence-corrected chi connectivity index (χ2v) is 5.71. The average molecular weight is 296 g/mol. The molecule has 0 radical (unpaired) electrons. The molecule has 21 heavy (non-hydrogen) atoms. The van der Waals surface area contributed by atoms with Crippen LogP contribution < -0.4 is 0 Å². The predicted octanol–water partition coefficient (Wildman–Crippen LogP) is 0.943. The highest BCUT2D eigenvalue weighted by Crippen LogP contribution is 2.20. The highest BCUT2D eigenvalue weighted by molar-refractivity contribution is 5.88. The van der Waals surface area contributed by atoms with Crippen molar-refractivity contribution in [1.82, 2.24) is 9.80 Å². The number of likely N-dealkylation sites (tertiary alicyclic amines) is 2. The van der Waals surface area contributed by atoms with Crippen molar-refractivity contribution in [2.75, 3.05) is 26.7 Å². The molecule has 6 nitrogen and oxygen atoms in total. The highest BCUT2D eigenvalue weighted by Gasteiger charge is 2.34. The number of nitrogens with zero attached hydrogens (tertiary/aromatic N) is 2. The van der Waals surface area contributed by atoms with Gasteiger partial charge in [0, 0.05) is 32.5 Å². The lowest BCUT2D eigenvalue weighted by molar-refractivity contribution is -0.151. The third-order valence-corrected chi connectivity index (χ3v) is 4.31. The summed E-state index contributed by atoms with van der Waals surface area (Å²) < 4.78 is 4.73. The van der Waals surface area contributed by atoms with Crippen molar-refractivity contribution in [3.8, 4) is 0 Å². The predicted molar refractivity (Wildman–Crippen MR) is 76.4 cm³/mol. The van der Waals surface area contributed by atoms with E-state index in [2.05, 4.69) is 0 Å². The molecule has 2 amide bonds. The zero-order valence-corrected chi connectivity index (χ0v) is 12.7. The fraction of sp³-hybridized carbons (Fsp3) is 0.800. The number of hydrogen-bond acceptors (Lipinski definition) is 4. The maximum Gasteiger partial charge on any atom is 0.328 e. The van der Waals surface area contributed by atoms with E-state index in [-0.39, 0.29) is 30.6 Å². The van der Waals surface area contributed by atoms with Gasteiger partial charge in [-0.2, -0.15) is 0 Å². The van der Waals surface area contributed by atoms with E-state index in [4.69, 9.17) is 4.74 Å². The molecule has 0 aliphatic carbocycles. The lowest BCUT2D eigenvalue weighted by Gasteiger charge is -2.27. The quantitative estimate of drug-likeness (QED) is 0.724. The molecule has 0 aromatic heterocycles. The largest absolute Gasteiger partial charge is 0.467 e. The number of rotatable bonds is 4. The second-order valence-electron chi connectivity index (χ2n) is 5.71. The number of amides is 2. The molecule has 0 spiro atoms. The molecule has 2 heterocycles. The Labute approximate surface area is 125 Å². The van der Waals surface area contributed by atoms with E-state index in [1.54, 1.807) is 4.90 Å². The summed E-state index contributed by atoms with van der Waals surface area (Å²) >= 11 is 0. The molecule has 6 heteroatoms. The normalized spacial score (nSPS) is 22.2. The first-order valence-electron chi connectivity index (χ1n) is 7.78. The van der Waals surface area contributed by atoms with Crippen LogP contribution in [0, 0.1) is 0 Å². The van der Waals surface area contributed by atoms with Gasteiger partial charge < -0.3 is 14.5 Å². The summed E-state index contributed by atoms with van der Waals surface area (Å²) in [4.78, 5) is 39.3. The number of carbonyl (C=O) groups is 3. The van der Waals surface area contributed by atoms with Crippen LogP contribution in [0.25, 0.3) is 0 Å². The summed E-state index contributed by atoms with van der Waals surface area (Å²) in [5.41, 5.74) is 0. The third kappa shape index (κ3) is 3.95. The Balaban J connectivity index is 1.80. The van der Waals surface area contributed by atoms with Crippen LogP contribution in [0.15, 0.2) is 0 Å². The van der Waals surface area contributed by atoms with Gasteiger partial charge in [-0.3, -0.25) is 9.59 Å². The zero-order chi connectivity index (χ0) is 15.2. The molecule has 2 rings (SSSR count). The van der Waals surface area contributed by atoms with E-state index in [1.807, 2.05) is 4.90 Å². The topological polar surface area (TPSA) is 66.9 Å². The van der Waals surface area contributed by atoms with E-state index in [0.717, 1.165) is 32.4 Å². The molecule has 0 aromatic carbocycles. The van der Waals surface area contributed by atoms with Crippen LogP contribution in [-0.2, 0) is 19.1 Å². The fourth-order valence-corrected chi connectivity index (χ4v) is 3.11. The lowest BCUT2D eigenvalue weighted by Crippen LogP contribution is -2.42. The van der Waals surface area contributed by atoms with Crippen LogP contribution in [0.1, 0.15) is 44.9 Å². The van der Waals surface area contributed by atoms with Crippen LogP contribution in [0.2, 0.25) is 0 Å². The molecule has 1 atom stereocenters. The van der Waals surface area contributed by atoms with Gasteiger partial charge in [0.1, 0.15) is 6.04 Å². The first kappa shape index (κ1) is 15.8. The van der Waals surface area contributed by atoms with Gasteiger partial charge in [0.15, 0.2) is 0 Å². The van der Waals surface area contributed by atoms with Crippen molar-refractivity contribution in [3.63, 3.8) is 0 Å². The standard InChI is InChI=1S/C15H24N2O4/c1-21-15(20)12-6-5-11-17(12)14(19)8-7-13(18)16-9-3-2-4-10-16/h12H,2-11H2,1H3/t12-/m0/s1. The van der Waals surface area contributed by atoms with Gasteiger partial charge in [-0.1, -0.05) is 0 Å². The second kappa shape index (κ2) is 7.43. The van der Waals surface area contributed by atoms with Gasteiger partial charge in [0.05, 0.1) is 7.11 Å². The van der Waals surface area contributed by atoms with Gasteiger partial charge in [0.25, 0.3) is 0 Å². The molecule has 0 bridgehead atoms. The molecule has 0 aromatic rings. The highest BCUT2D eigenvalue weighted by atomic mass is 16.5. The molecule has 0 saturated carbocycles. The van der Waals surface area contributed by atoms with Crippen LogP contribution in [0.5, 0.6) is 0 Å². The Hall–Kier alpha value is -1.59. The van der Waals surface area contributed by atoms with Gasteiger partial charge in [-0.15, -0.1) is 0 Å². The Morgan fingerprint density at radius 3 is 2.29 bits per heavy atom. The minimum Gasteiger partial charge on any atom is -0.467 e. The van der Waals surface area contributed by atoms with Crippen molar-refractivity contribution in [2.45, 2.75) is 51.0 Å². The Kier molecular flexibility index (Phi) is 5.59. The zero-order valence-electron chi connectivity index (χ0n) is 12.7. The summed E-state index contributed by atoms with van der Waals surface area (Å²) in [6.07, 6.45) is 5.17. The van der Waals surface area contributed by atoms with Gasteiger partial charge >= 0.3 is 5.97 Å². The molecule has 2 aliphatic rings. The smallest absolute Gasteiger partial charge is 0.328 e. The lowest BCUT2D eigenvalue weighted by atomic mass is 10.1. The van der Waals surface area contributed by atoms with Crippen LogP contribution in [-0.4, -0.2) is 60.4 Å². The number of carbonyl (C=O) groups excluding carboxylic acids is 3. The summed E-state index contributed by atoms with van der Waals surface area (Å²) in [6.45, 7) is 2.19. The molecule has 0 unspecified atom stereocenters. The maximum absolute atomic E-state index is 12.2. The summed E-state index contributed by atoms with van der Waals surface area (Å²) in [7, 11) is 1.34. The first-order valence-corrected chi connectivity index (χ1v) is 7.78. The molecule has 0 N–H and O–H groups in total. The van der Waals surface area contributed by atoms with Crippen LogP contribution in [0.4, 0.5) is 0 Å². The van der Waals surface area contributed by atoms with Gasteiger partial charge in [-0.05, 0) is 32.1 Å². The Morgan fingerprint density at radius 2 is 1.62 bits per heavy atom. The van der Waals surface area contributed by atoms with E-state index < -0.39 is 6.04 Å². The fourth-order valence-electron chi connectivity index (χ4n) is 3.11. The van der Waals surface area contributed by atoms with E-state index in [0.29, 0.717) is 13.0 Å².